The first-order valence-electron chi connectivity index (χ1n) is 6.75. The first kappa shape index (κ1) is 14.3. The van der Waals surface area contributed by atoms with Crippen LogP contribution in [0.15, 0.2) is 48.5 Å². The smallest absolute Gasteiger partial charge is 0.119 e. The van der Waals surface area contributed by atoms with Crippen molar-refractivity contribution < 1.29 is 9.47 Å². The van der Waals surface area contributed by atoms with Crippen molar-refractivity contribution >= 4 is 5.69 Å². The fourth-order valence-corrected chi connectivity index (χ4v) is 2.03. The molecule has 0 spiro atoms. The lowest BCUT2D eigenvalue weighted by molar-refractivity contribution is 0.414. The SMILES string of the molecule is COc1ccc(NC[C@@H](C)c2ccc(OC)cc2)cc1. The van der Waals surface area contributed by atoms with E-state index in [1.165, 1.54) is 5.56 Å². The lowest BCUT2D eigenvalue weighted by atomic mass is 10.0. The van der Waals surface area contributed by atoms with Gasteiger partial charge in [-0.1, -0.05) is 19.1 Å². The van der Waals surface area contributed by atoms with Crippen molar-refractivity contribution in [2.24, 2.45) is 0 Å². The molecule has 0 aromatic heterocycles. The Morgan fingerprint density at radius 2 is 1.35 bits per heavy atom. The Kier molecular flexibility index (Phi) is 4.88. The normalized spacial score (nSPS) is 11.8. The van der Waals surface area contributed by atoms with Crippen molar-refractivity contribution in [2.45, 2.75) is 12.8 Å². The van der Waals surface area contributed by atoms with Gasteiger partial charge in [0.1, 0.15) is 11.5 Å². The van der Waals surface area contributed by atoms with E-state index in [1.54, 1.807) is 14.2 Å². The topological polar surface area (TPSA) is 30.5 Å². The van der Waals surface area contributed by atoms with Crippen molar-refractivity contribution in [1.29, 1.82) is 0 Å². The van der Waals surface area contributed by atoms with Crippen LogP contribution in [-0.2, 0) is 0 Å². The summed E-state index contributed by atoms with van der Waals surface area (Å²) in [7, 11) is 3.36. The molecule has 1 N–H and O–H groups in total. The van der Waals surface area contributed by atoms with Crippen LogP contribution >= 0.6 is 0 Å². The van der Waals surface area contributed by atoms with E-state index in [1.807, 2.05) is 36.4 Å². The minimum Gasteiger partial charge on any atom is -0.497 e. The highest BCUT2D eigenvalue weighted by Gasteiger charge is 2.05. The summed E-state index contributed by atoms with van der Waals surface area (Å²) in [4.78, 5) is 0. The van der Waals surface area contributed by atoms with Gasteiger partial charge in [0.25, 0.3) is 0 Å². The average Bonchev–Trinajstić information content (AvgIpc) is 2.53. The summed E-state index contributed by atoms with van der Waals surface area (Å²) in [5, 5.41) is 3.44. The van der Waals surface area contributed by atoms with Crippen LogP contribution in [0.3, 0.4) is 0 Å². The zero-order valence-corrected chi connectivity index (χ0v) is 12.2. The molecule has 3 nitrogen and oxygen atoms in total. The summed E-state index contributed by atoms with van der Waals surface area (Å²) >= 11 is 0. The lowest BCUT2D eigenvalue weighted by Gasteiger charge is -2.14. The van der Waals surface area contributed by atoms with Gasteiger partial charge in [0.15, 0.2) is 0 Å². The van der Waals surface area contributed by atoms with Gasteiger partial charge in [-0.05, 0) is 47.9 Å². The number of benzene rings is 2. The van der Waals surface area contributed by atoms with Crippen molar-refractivity contribution in [3.05, 3.63) is 54.1 Å². The molecule has 3 heteroatoms. The molecule has 0 aliphatic rings. The van der Waals surface area contributed by atoms with Crippen LogP contribution in [0.1, 0.15) is 18.4 Å². The molecule has 0 amide bonds. The standard InChI is InChI=1S/C17H21NO2/c1-13(14-4-8-16(19-2)9-5-14)12-18-15-6-10-17(20-3)11-7-15/h4-11,13,18H,12H2,1-3H3/t13-/m1/s1. The van der Waals surface area contributed by atoms with E-state index in [-0.39, 0.29) is 0 Å². The number of anilines is 1. The van der Waals surface area contributed by atoms with Gasteiger partial charge in [0.2, 0.25) is 0 Å². The Balaban J connectivity index is 1.91. The van der Waals surface area contributed by atoms with Crippen molar-refractivity contribution in [3.63, 3.8) is 0 Å². The van der Waals surface area contributed by atoms with Gasteiger partial charge in [-0.2, -0.15) is 0 Å². The Hall–Kier alpha value is -2.16. The van der Waals surface area contributed by atoms with Gasteiger partial charge in [-0.25, -0.2) is 0 Å². The summed E-state index contributed by atoms with van der Waals surface area (Å²) in [6.07, 6.45) is 0. The fourth-order valence-electron chi connectivity index (χ4n) is 2.03. The van der Waals surface area contributed by atoms with E-state index in [0.717, 1.165) is 23.7 Å². The molecule has 20 heavy (non-hydrogen) atoms. The van der Waals surface area contributed by atoms with E-state index in [0.29, 0.717) is 5.92 Å². The maximum atomic E-state index is 5.17. The number of methoxy groups -OCH3 is 2. The Morgan fingerprint density at radius 3 is 1.85 bits per heavy atom. The number of hydrogen-bond acceptors (Lipinski definition) is 3. The molecule has 0 radical (unpaired) electrons. The molecule has 0 heterocycles. The quantitative estimate of drug-likeness (QED) is 0.863. The van der Waals surface area contributed by atoms with Gasteiger partial charge >= 0.3 is 0 Å². The number of hydrogen-bond donors (Lipinski definition) is 1. The summed E-state index contributed by atoms with van der Waals surface area (Å²) in [5.74, 6) is 2.20. The molecule has 2 rings (SSSR count). The molecule has 0 aliphatic heterocycles. The fraction of sp³-hybridized carbons (Fsp3) is 0.294. The second-order valence-electron chi connectivity index (χ2n) is 4.78. The molecule has 106 valence electrons. The Bertz CT molecular complexity index is 520. The average molecular weight is 271 g/mol. The zero-order chi connectivity index (χ0) is 14.4. The summed E-state index contributed by atoms with van der Waals surface area (Å²) in [6.45, 7) is 3.09. The van der Waals surface area contributed by atoms with E-state index in [9.17, 15) is 0 Å². The molecule has 0 saturated carbocycles. The third-order valence-electron chi connectivity index (χ3n) is 3.39. The molecule has 2 aromatic rings. The molecular formula is C17H21NO2. The molecule has 0 fully saturated rings. The second kappa shape index (κ2) is 6.85. The second-order valence-corrected chi connectivity index (χ2v) is 4.78. The predicted molar refractivity (Wildman–Crippen MR) is 82.9 cm³/mol. The lowest BCUT2D eigenvalue weighted by Crippen LogP contribution is -2.09. The van der Waals surface area contributed by atoms with E-state index in [4.69, 9.17) is 9.47 Å². The third-order valence-corrected chi connectivity index (χ3v) is 3.39. The largest absolute Gasteiger partial charge is 0.497 e. The monoisotopic (exact) mass is 271 g/mol. The predicted octanol–water partition coefficient (Wildman–Crippen LogP) is 3.92. The van der Waals surface area contributed by atoms with Crippen molar-refractivity contribution in [2.75, 3.05) is 26.1 Å². The van der Waals surface area contributed by atoms with Gasteiger partial charge in [0, 0.05) is 12.2 Å². The molecule has 0 bridgehead atoms. The maximum Gasteiger partial charge on any atom is 0.119 e. The minimum absolute atomic E-state index is 0.433. The van der Waals surface area contributed by atoms with Crippen LogP contribution in [0.4, 0.5) is 5.69 Å². The van der Waals surface area contributed by atoms with Crippen LogP contribution in [0, 0.1) is 0 Å². The van der Waals surface area contributed by atoms with Crippen LogP contribution < -0.4 is 14.8 Å². The molecule has 0 saturated heterocycles. The Labute approximate surface area is 120 Å². The van der Waals surface area contributed by atoms with Crippen LogP contribution in [0.5, 0.6) is 11.5 Å². The number of ether oxygens (including phenoxy) is 2. The molecule has 0 unspecified atom stereocenters. The van der Waals surface area contributed by atoms with Gasteiger partial charge in [0.05, 0.1) is 14.2 Å². The maximum absolute atomic E-state index is 5.17. The van der Waals surface area contributed by atoms with Gasteiger partial charge in [-0.3, -0.25) is 0 Å². The van der Waals surface area contributed by atoms with Crippen LogP contribution in [-0.4, -0.2) is 20.8 Å². The zero-order valence-electron chi connectivity index (χ0n) is 12.2. The number of nitrogens with one attached hydrogen (secondary N) is 1. The highest BCUT2D eigenvalue weighted by Crippen LogP contribution is 2.21. The van der Waals surface area contributed by atoms with Crippen LogP contribution in [0.25, 0.3) is 0 Å². The van der Waals surface area contributed by atoms with Crippen molar-refractivity contribution in [1.82, 2.24) is 0 Å². The van der Waals surface area contributed by atoms with Crippen LogP contribution in [0.2, 0.25) is 0 Å². The first-order valence-corrected chi connectivity index (χ1v) is 6.75. The van der Waals surface area contributed by atoms with Gasteiger partial charge in [-0.15, -0.1) is 0 Å². The van der Waals surface area contributed by atoms with Gasteiger partial charge < -0.3 is 14.8 Å². The van der Waals surface area contributed by atoms with E-state index < -0.39 is 0 Å². The summed E-state index contributed by atoms with van der Waals surface area (Å²) in [6, 6.07) is 16.2. The van der Waals surface area contributed by atoms with E-state index >= 15 is 0 Å². The molecule has 1 atom stereocenters. The van der Waals surface area contributed by atoms with E-state index in [2.05, 4.69) is 24.4 Å². The molecule has 2 aromatic carbocycles. The highest BCUT2D eigenvalue weighted by molar-refractivity contribution is 5.46. The molecular weight excluding hydrogens is 250 g/mol. The first-order chi connectivity index (χ1) is 9.72. The molecule has 0 aliphatic carbocycles. The van der Waals surface area contributed by atoms with Crippen molar-refractivity contribution in [3.8, 4) is 11.5 Å². The minimum atomic E-state index is 0.433. The summed E-state index contributed by atoms with van der Waals surface area (Å²) in [5.41, 5.74) is 2.40. The summed E-state index contributed by atoms with van der Waals surface area (Å²) < 4.78 is 10.3. The highest BCUT2D eigenvalue weighted by atomic mass is 16.5. The third kappa shape index (κ3) is 3.67. The Morgan fingerprint density at radius 1 is 0.850 bits per heavy atom. The number of rotatable bonds is 6.